The Hall–Kier alpha value is 0.766. The van der Waals surface area contributed by atoms with Gasteiger partial charge in [-0.3, -0.25) is 0 Å². The second-order valence-electron chi connectivity index (χ2n) is 3.43. The molecule has 1 rings (SSSR count). The van der Waals surface area contributed by atoms with Crippen LogP contribution in [0.5, 0.6) is 0 Å². The van der Waals surface area contributed by atoms with Gasteiger partial charge in [0, 0.05) is 0 Å². The Balaban J connectivity index is 0. The van der Waals surface area contributed by atoms with Crippen LogP contribution in [0.1, 0.15) is 52.9 Å². The van der Waals surface area contributed by atoms with Crippen LogP contribution in [0.2, 0.25) is 0 Å². The van der Waals surface area contributed by atoms with E-state index in [2.05, 4.69) is 27.2 Å². The normalized spacial score (nSPS) is 16.4. The molecule has 0 atom stereocenters. The van der Waals surface area contributed by atoms with Gasteiger partial charge in [-0.25, -0.2) is 0 Å². The first-order valence-corrected chi connectivity index (χ1v) is 4.32. The molecule has 0 aliphatic heterocycles. The molecule has 0 amide bonds. The molecule has 1 fully saturated rings. The molecular formula is C10H20Mg. The zero-order valence-corrected chi connectivity index (χ0v) is 9.73. The maximum Gasteiger partial charge on any atom is 2.00 e. The second kappa shape index (κ2) is 10.8. The van der Waals surface area contributed by atoms with Gasteiger partial charge >= 0.3 is 23.1 Å². The summed E-state index contributed by atoms with van der Waals surface area (Å²) in [5.41, 5.74) is 0. The minimum Gasteiger partial charge on any atom is -0.328 e. The van der Waals surface area contributed by atoms with Crippen molar-refractivity contribution in [2.45, 2.75) is 52.9 Å². The molecule has 1 aliphatic carbocycles. The molecule has 0 heterocycles. The van der Waals surface area contributed by atoms with E-state index in [9.17, 15) is 0 Å². The average molecular weight is 165 g/mol. The second-order valence-corrected chi connectivity index (χ2v) is 3.43. The van der Waals surface area contributed by atoms with Gasteiger partial charge in [-0.15, -0.1) is 0 Å². The van der Waals surface area contributed by atoms with Gasteiger partial charge in [0.1, 0.15) is 0 Å². The van der Waals surface area contributed by atoms with E-state index in [-0.39, 0.29) is 23.1 Å². The van der Waals surface area contributed by atoms with Gasteiger partial charge in [0.05, 0.1) is 0 Å². The first-order valence-electron chi connectivity index (χ1n) is 4.32. The van der Waals surface area contributed by atoms with E-state index in [4.69, 9.17) is 0 Å². The smallest absolute Gasteiger partial charge is 0.328 e. The first kappa shape index (κ1) is 14.3. The van der Waals surface area contributed by atoms with Crippen molar-refractivity contribution >= 4 is 23.1 Å². The SMILES string of the molecule is C[C-](C)C.[CH-]1CCCCC1.[Mg+2]. The predicted octanol–water partition coefficient (Wildman–Crippen LogP) is 3.39. The minimum atomic E-state index is 0. The van der Waals surface area contributed by atoms with E-state index >= 15 is 0 Å². The molecule has 62 valence electrons. The van der Waals surface area contributed by atoms with Gasteiger partial charge in [0.2, 0.25) is 0 Å². The van der Waals surface area contributed by atoms with Crippen molar-refractivity contribution < 1.29 is 0 Å². The number of rotatable bonds is 0. The van der Waals surface area contributed by atoms with E-state index in [1.807, 2.05) is 0 Å². The molecular weight excluding hydrogens is 144 g/mol. The molecule has 0 aromatic carbocycles. The Labute approximate surface area is 88.3 Å². The molecule has 0 spiro atoms. The molecule has 0 bridgehead atoms. The molecule has 0 aromatic heterocycles. The van der Waals surface area contributed by atoms with Gasteiger partial charge in [0.15, 0.2) is 0 Å². The predicted molar refractivity (Wildman–Crippen MR) is 53.4 cm³/mol. The molecule has 1 aliphatic rings. The van der Waals surface area contributed by atoms with Crippen molar-refractivity contribution in [1.29, 1.82) is 0 Å². The van der Waals surface area contributed by atoms with Crippen LogP contribution in [-0.4, -0.2) is 23.1 Å². The molecule has 0 N–H and O–H groups in total. The molecule has 0 nitrogen and oxygen atoms in total. The van der Waals surface area contributed by atoms with Crippen LogP contribution in [0.15, 0.2) is 0 Å². The van der Waals surface area contributed by atoms with Crippen LogP contribution in [0, 0.1) is 12.3 Å². The standard InChI is InChI=1S/C6H11.C4H9.Mg/c1-2-4-6-5-3-1;1-4(2)3;/h1H,2-6H2;1-3H3;/q2*-1;+2. The minimum absolute atomic E-state index is 0. The van der Waals surface area contributed by atoms with Crippen LogP contribution >= 0.6 is 0 Å². The van der Waals surface area contributed by atoms with E-state index < -0.39 is 0 Å². The fraction of sp³-hybridized carbons (Fsp3) is 0.800. The van der Waals surface area contributed by atoms with Gasteiger partial charge in [-0.05, 0) is 0 Å². The van der Waals surface area contributed by atoms with Crippen molar-refractivity contribution in [3.05, 3.63) is 12.3 Å². The quantitative estimate of drug-likeness (QED) is 0.380. The Kier molecular flexibility index (Phi) is 14.0. The van der Waals surface area contributed by atoms with Gasteiger partial charge < -0.3 is 12.3 Å². The average Bonchev–Trinajstić information content (AvgIpc) is 1.90. The summed E-state index contributed by atoms with van der Waals surface area (Å²) in [5, 5.41) is 0. The van der Waals surface area contributed by atoms with E-state index in [0.717, 1.165) is 0 Å². The summed E-state index contributed by atoms with van der Waals surface area (Å²) in [6, 6.07) is 0. The maximum absolute atomic E-state index is 2.39. The molecule has 0 aromatic rings. The summed E-state index contributed by atoms with van der Waals surface area (Å²) in [6.45, 7) is 6.25. The van der Waals surface area contributed by atoms with Gasteiger partial charge in [0.25, 0.3) is 0 Å². The number of hydrogen-bond acceptors (Lipinski definition) is 0. The Morgan fingerprint density at radius 2 is 1.27 bits per heavy atom. The number of hydrogen-bond donors (Lipinski definition) is 0. The third-order valence-corrected chi connectivity index (χ3v) is 1.32. The summed E-state index contributed by atoms with van der Waals surface area (Å²) in [7, 11) is 0. The van der Waals surface area contributed by atoms with E-state index in [0.29, 0.717) is 0 Å². The fourth-order valence-electron chi connectivity index (χ4n) is 0.898. The topological polar surface area (TPSA) is 0 Å². The largest absolute Gasteiger partial charge is 2.00 e. The molecule has 0 radical (unpaired) electrons. The maximum atomic E-state index is 2.39. The van der Waals surface area contributed by atoms with E-state index in [1.54, 1.807) is 0 Å². The third kappa shape index (κ3) is 18.1. The third-order valence-electron chi connectivity index (χ3n) is 1.32. The summed E-state index contributed by atoms with van der Waals surface area (Å²) in [5.74, 6) is 1.42. The van der Waals surface area contributed by atoms with Crippen LogP contribution in [0.25, 0.3) is 0 Å². The summed E-state index contributed by atoms with van der Waals surface area (Å²) < 4.78 is 0. The molecule has 11 heavy (non-hydrogen) atoms. The Morgan fingerprint density at radius 1 is 0.909 bits per heavy atom. The summed E-state index contributed by atoms with van der Waals surface area (Å²) in [4.78, 5) is 0. The van der Waals surface area contributed by atoms with Crippen molar-refractivity contribution in [3.8, 4) is 0 Å². The fourth-order valence-corrected chi connectivity index (χ4v) is 0.898. The van der Waals surface area contributed by atoms with Crippen molar-refractivity contribution in [2.75, 3.05) is 0 Å². The Bertz CT molecular complexity index is 41.6. The van der Waals surface area contributed by atoms with Gasteiger partial charge in [-0.1, -0.05) is 19.3 Å². The van der Waals surface area contributed by atoms with Crippen molar-refractivity contribution in [3.63, 3.8) is 0 Å². The van der Waals surface area contributed by atoms with Crippen LogP contribution in [0.4, 0.5) is 0 Å². The van der Waals surface area contributed by atoms with Crippen LogP contribution < -0.4 is 0 Å². The molecule has 1 saturated carbocycles. The monoisotopic (exact) mass is 164 g/mol. The molecule has 0 saturated heterocycles. The summed E-state index contributed by atoms with van der Waals surface area (Å²) in [6.07, 6.45) is 9.50. The zero-order valence-electron chi connectivity index (χ0n) is 8.32. The summed E-state index contributed by atoms with van der Waals surface area (Å²) >= 11 is 0. The van der Waals surface area contributed by atoms with Crippen LogP contribution in [-0.2, 0) is 0 Å². The molecule has 0 unspecified atom stereocenters. The van der Waals surface area contributed by atoms with Crippen LogP contribution in [0.3, 0.4) is 0 Å². The van der Waals surface area contributed by atoms with Gasteiger partial charge in [-0.2, -0.15) is 33.6 Å². The zero-order chi connectivity index (χ0) is 7.82. The van der Waals surface area contributed by atoms with Crippen molar-refractivity contribution in [2.24, 2.45) is 0 Å². The Morgan fingerprint density at radius 3 is 1.36 bits per heavy atom. The molecule has 1 heteroatoms. The van der Waals surface area contributed by atoms with Crippen molar-refractivity contribution in [1.82, 2.24) is 0 Å². The first-order chi connectivity index (χ1) is 4.73. The van der Waals surface area contributed by atoms with E-state index in [1.165, 1.54) is 38.0 Å².